The van der Waals surface area contributed by atoms with Crippen molar-refractivity contribution >= 4 is 0 Å². The summed E-state index contributed by atoms with van der Waals surface area (Å²) in [5.41, 5.74) is 5.35. The van der Waals surface area contributed by atoms with Gasteiger partial charge in [-0.15, -0.1) is 13.2 Å². The van der Waals surface area contributed by atoms with Crippen LogP contribution in [0.4, 0.5) is 26.3 Å². The SMILES string of the molecule is CCC(N)C(Oc1ccc(OC(F)(F)F)cc1)C(F)(F)F. The van der Waals surface area contributed by atoms with E-state index in [9.17, 15) is 26.3 Å². The van der Waals surface area contributed by atoms with Gasteiger partial charge in [-0.05, 0) is 30.7 Å². The minimum absolute atomic E-state index is 0.0272. The maximum atomic E-state index is 12.8. The topological polar surface area (TPSA) is 44.5 Å². The van der Waals surface area contributed by atoms with Crippen molar-refractivity contribution in [3.05, 3.63) is 24.3 Å². The Kier molecular flexibility index (Phi) is 5.32. The first kappa shape index (κ1) is 17.4. The van der Waals surface area contributed by atoms with Gasteiger partial charge >= 0.3 is 12.5 Å². The standard InChI is InChI=1S/C12H13F6NO2/c1-2-9(19)10(11(13,14)15)20-7-3-5-8(6-4-7)21-12(16,17)18/h3-6,9-10H,2,19H2,1H3. The Morgan fingerprint density at radius 3 is 1.86 bits per heavy atom. The van der Waals surface area contributed by atoms with Crippen LogP contribution in [0.1, 0.15) is 13.3 Å². The predicted octanol–water partition coefficient (Wildman–Crippen LogP) is 3.63. The van der Waals surface area contributed by atoms with E-state index in [0.29, 0.717) is 0 Å². The van der Waals surface area contributed by atoms with Crippen molar-refractivity contribution in [1.29, 1.82) is 0 Å². The van der Waals surface area contributed by atoms with Crippen LogP contribution in [-0.2, 0) is 0 Å². The molecule has 0 spiro atoms. The molecule has 2 atom stereocenters. The van der Waals surface area contributed by atoms with Gasteiger partial charge in [0, 0.05) is 0 Å². The molecule has 3 nitrogen and oxygen atoms in total. The van der Waals surface area contributed by atoms with Crippen LogP contribution >= 0.6 is 0 Å². The molecule has 2 unspecified atom stereocenters. The zero-order valence-electron chi connectivity index (χ0n) is 10.8. The summed E-state index contributed by atoms with van der Waals surface area (Å²) >= 11 is 0. The Balaban J connectivity index is 2.81. The third-order valence-corrected chi connectivity index (χ3v) is 2.50. The minimum Gasteiger partial charge on any atom is -0.479 e. The summed E-state index contributed by atoms with van der Waals surface area (Å²) in [4.78, 5) is 0. The lowest BCUT2D eigenvalue weighted by Gasteiger charge is -2.26. The van der Waals surface area contributed by atoms with E-state index < -0.39 is 30.4 Å². The van der Waals surface area contributed by atoms with Gasteiger partial charge in [-0.3, -0.25) is 0 Å². The van der Waals surface area contributed by atoms with E-state index in [1.807, 2.05) is 0 Å². The molecule has 1 rings (SSSR count). The number of rotatable bonds is 5. The van der Waals surface area contributed by atoms with Crippen LogP contribution in [0.25, 0.3) is 0 Å². The lowest BCUT2D eigenvalue weighted by molar-refractivity contribution is -0.274. The molecule has 0 aliphatic heterocycles. The highest BCUT2D eigenvalue weighted by Gasteiger charge is 2.45. The second-order valence-electron chi connectivity index (χ2n) is 4.17. The summed E-state index contributed by atoms with van der Waals surface area (Å²) < 4.78 is 82.4. The van der Waals surface area contributed by atoms with Crippen molar-refractivity contribution in [1.82, 2.24) is 0 Å². The number of benzene rings is 1. The molecule has 0 radical (unpaired) electrons. The van der Waals surface area contributed by atoms with Gasteiger partial charge in [0.25, 0.3) is 0 Å². The van der Waals surface area contributed by atoms with E-state index in [0.717, 1.165) is 24.3 Å². The lowest BCUT2D eigenvalue weighted by Crippen LogP contribution is -2.48. The number of hydrogen-bond acceptors (Lipinski definition) is 3. The quantitative estimate of drug-likeness (QED) is 0.844. The molecule has 1 aromatic carbocycles. The molecule has 0 aliphatic rings. The van der Waals surface area contributed by atoms with Gasteiger partial charge in [-0.1, -0.05) is 6.92 Å². The first-order valence-corrected chi connectivity index (χ1v) is 5.87. The maximum Gasteiger partial charge on any atom is 0.573 e. The maximum absolute atomic E-state index is 12.8. The number of alkyl halides is 6. The molecule has 0 saturated carbocycles. The Bertz CT molecular complexity index is 443. The zero-order chi connectivity index (χ0) is 16.3. The largest absolute Gasteiger partial charge is 0.573 e. The summed E-state index contributed by atoms with van der Waals surface area (Å²) in [6.45, 7) is 1.47. The molecule has 1 aromatic rings. The van der Waals surface area contributed by atoms with Gasteiger partial charge in [0.1, 0.15) is 11.5 Å². The molecule has 21 heavy (non-hydrogen) atoms. The van der Waals surface area contributed by atoms with E-state index >= 15 is 0 Å². The highest BCUT2D eigenvalue weighted by atomic mass is 19.4. The van der Waals surface area contributed by atoms with Gasteiger partial charge < -0.3 is 15.2 Å². The van der Waals surface area contributed by atoms with Gasteiger partial charge in [0.05, 0.1) is 6.04 Å². The normalized spacial score (nSPS) is 15.4. The Hall–Kier alpha value is -1.64. The summed E-state index contributed by atoms with van der Waals surface area (Å²) in [5, 5.41) is 0. The third-order valence-electron chi connectivity index (χ3n) is 2.50. The van der Waals surface area contributed by atoms with Crippen molar-refractivity contribution in [2.24, 2.45) is 5.73 Å². The summed E-state index contributed by atoms with van der Waals surface area (Å²) in [6, 6.07) is 2.32. The molecular formula is C12H13F6NO2. The third kappa shape index (κ3) is 5.70. The van der Waals surface area contributed by atoms with Crippen LogP contribution in [0.15, 0.2) is 24.3 Å². The van der Waals surface area contributed by atoms with Gasteiger partial charge in [-0.2, -0.15) is 13.2 Å². The van der Waals surface area contributed by atoms with Crippen molar-refractivity contribution < 1.29 is 35.8 Å². The predicted molar refractivity (Wildman–Crippen MR) is 61.9 cm³/mol. The molecule has 0 amide bonds. The smallest absolute Gasteiger partial charge is 0.479 e. The van der Waals surface area contributed by atoms with E-state index in [4.69, 9.17) is 10.5 Å². The van der Waals surface area contributed by atoms with E-state index in [1.165, 1.54) is 6.92 Å². The van der Waals surface area contributed by atoms with Crippen molar-refractivity contribution in [2.45, 2.75) is 38.0 Å². The van der Waals surface area contributed by atoms with Crippen LogP contribution in [0, 0.1) is 0 Å². The van der Waals surface area contributed by atoms with Gasteiger partial charge in [0.15, 0.2) is 0 Å². The molecule has 0 aromatic heterocycles. The molecule has 9 heteroatoms. The van der Waals surface area contributed by atoms with Crippen LogP contribution in [-0.4, -0.2) is 24.7 Å². The van der Waals surface area contributed by atoms with Crippen molar-refractivity contribution in [3.63, 3.8) is 0 Å². The van der Waals surface area contributed by atoms with Crippen LogP contribution < -0.4 is 15.2 Å². The van der Waals surface area contributed by atoms with E-state index in [2.05, 4.69) is 4.74 Å². The fourth-order valence-corrected chi connectivity index (χ4v) is 1.48. The average molecular weight is 317 g/mol. The van der Waals surface area contributed by atoms with E-state index in [-0.39, 0.29) is 12.2 Å². The number of nitrogens with two attached hydrogens (primary N) is 1. The van der Waals surface area contributed by atoms with Crippen LogP contribution in [0.3, 0.4) is 0 Å². The first-order valence-electron chi connectivity index (χ1n) is 5.87. The number of ether oxygens (including phenoxy) is 2. The Morgan fingerprint density at radius 2 is 1.48 bits per heavy atom. The number of halogens is 6. The molecule has 0 aliphatic carbocycles. The summed E-state index contributed by atoms with van der Waals surface area (Å²) in [6.07, 6.45) is -11.8. The highest BCUT2D eigenvalue weighted by molar-refractivity contribution is 5.31. The van der Waals surface area contributed by atoms with Crippen LogP contribution in [0.2, 0.25) is 0 Å². The monoisotopic (exact) mass is 317 g/mol. The second-order valence-corrected chi connectivity index (χ2v) is 4.17. The molecular weight excluding hydrogens is 304 g/mol. The molecule has 120 valence electrons. The minimum atomic E-state index is -4.87. The van der Waals surface area contributed by atoms with E-state index in [1.54, 1.807) is 0 Å². The summed E-state index contributed by atoms with van der Waals surface area (Å²) in [5.74, 6) is -0.811. The zero-order valence-corrected chi connectivity index (χ0v) is 10.8. The molecule has 2 N–H and O–H groups in total. The fourth-order valence-electron chi connectivity index (χ4n) is 1.48. The molecule has 0 bridgehead atoms. The van der Waals surface area contributed by atoms with Crippen molar-refractivity contribution in [2.75, 3.05) is 0 Å². The number of hydrogen-bond donors (Lipinski definition) is 1. The second kappa shape index (κ2) is 6.42. The Labute approximate surface area is 116 Å². The highest BCUT2D eigenvalue weighted by Crippen LogP contribution is 2.30. The molecule has 0 heterocycles. The fraction of sp³-hybridized carbons (Fsp3) is 0.500. The molecule has 0 saturated heterocycles. The summed E-state index contributed by atoms with van der Waals surface area (Å²) in [7, 11) is 0. The molecule has 0 fully saturated rings. The van der Waals surface area contributed by atoms with Gasteiger partial charge in [0.2, 0.25) is 6.10 Å². The van der Waals surface area contributed by atoms with Crippen LogP contribution in [0.5, 0.6) is 11.5 Å². The van der Waals surface area contributed by atoms with Gasteiger partial charge in [-0.25, -0.2) is 0 Å². The Morgan fingerprint density at radius 1 is 1.00 bits per heavy atom. The lowest BCUT2D eigenvalue weighted by atomic mass is 10.1. The average Bonchev–Trinajstić information content (AvgIpc) is 2.33. The first-order chi connectivity index (χ1) is 9.53. The van der Waals surface area contributed by atoms with Crippen molar-refractivity contribution in [3.8, 4) is 11.5 Å².